The second-order valence-electron chi connectivity index (χ2n) is 5.26. The highest BCUT2D eigenvalue weighted by Crippen LogP contribution is 2.33. The molecule has 0 radical (unpaired) electrons. The number of nitrogens with zero attached hydrogens (tertiary/aromatic N) is 3. The quantitative estimate of drug-likeness (QED) is 0.622. The lowest BCUT2D eigenvalue weighted by molar-refractivity contribution is -0.121. The maximum atomic E-state index is 12.7. The number of carbonyl (C=O) groups is 1. The smallest absolute Gasteiger partial charge is 0.267 e. The van der Waals surface area contributed by atoms with Crippen LogP contribution >= 0.6 is 11.8 Å². The fraction of sp³-hybridized carbons (Fsp3) is 0.105. The monoisotopic (exact) mass is 335 g/mol. The van der Waals surface area contributed by atoms with E-state index in [-0.39, 0.29) is 5.91 Å². The first-order chi connectivity index (χ1) is 11.7. The normalized spacial score (nSPS) is 17.7. The fourth-order valence-electron chi connectivity index (χ4n) is 2.27. The Bertz CT molecular complexity index is 828. The van der Waals surface area contributed by atoms with Gasteiger partial charge in [-0.3, -0.25) is 9.69 Å². The summed E-state index contributed by atoms with van der Waals surface area (Å²) in [5.41, 5.74) is 1.88. The molecule has 0 saturated carbocycles. The summed E-state index contributed by atoms with van der Waals surface area (Å²) >= 11 is 1.36. The van der Waals surface area contributed by atoms with E-state index in [4.69, 9.17) is 0 Å². The Kier molecular flexibility index (Phi) is 4.91. The van der Waals surface area contributed by atoms with E-state index in [1.54, 1.807) is 11.0 Å². The lowest BCUT2D eigenvalue weighted by atomic mass is 10.2. The lowest BCUT2D eigenvalue weighted by Crippen LogP contribution is -2.29. The Morgan fingerprint density at radius 1 is 1.21 bits per heavy atom. The summed E-state index contributed by atoms with van der Waals surface area (Å²) in [6, 6.07) is 15.4. The number of carbonyl (C=O) groups excluding carboxylic acids is 1. The van der Waals surface area contributed by atoms with Crippen molar-refractivity contribution in [3.63, 3.8) is 0 Å². The molecule has 1 aliphatic heterocycles. The van der Waals surface area contributed by atoms with Crippen molar-refractivity contribution in [2.75, 3.05) is 6.54 Å². The third-order valence-corrected chi connectivity index (χ3v) is 4.39. The zero-order valence-corrected chi connectivity index (χ0v) is 14.2. The first kappa shape index (κ1) is 16.2. The number of benzene rings is 1. The van der Waals surface area contributed by atoms with Gasteiger partial charge in [0.25, 0.3) is 5.91 Å². The van der Waals surface area contributed by atoms with Gasteiger partial charge in [-0.2, -0.15) is 0 Å². The van der Waals surface area contributed by atoms with Crippen LogP contribution in [0.3, 0.4) is 0 Å². The Morgan fingerprint density at radius 3 is 2.71 bits per heavy atom. The highest BCUT2D eigenvalue weighted by atomic mass is 32.2. The number of aryl methyl sites for hydroxylation is 1. The van der Waals surface area contributed by atoms with Gasteiger partial charge < -0.3 is 0 Å². The maximum Gasteiger partial charge on any atom is 0.267 e. The Hall–Kier alpha value is -2.66. The van der Waals surface area contributed by atoms with Gasteiger partial charge in [-0.05, 0) is 42.5 Å². The van der Waals surface area contributed by atoms with Crippen molar-refractivity contribution in [2.24, 2.45) is 4.99 Å². The van der Waals surface area contributed by atoms with E-state index in [9.17, 15) is 4.79 Å². The van der Waals surface area contributed by atoms with E-state index in [2.05, 4.69) is 16.6 Å². The van der Waals surface area contributed by atoms with Crippen LogP contribution in [0.4, 0.5) is 5.82 Å². The van der Waals surface area contributed by atoms with Crippen LogP contribution in [0.5, 0.6) is 0 Å². The second kappa shape index (κ2) is 7.27. The molecule has 120 valence electrons. The second-order valence-corrected chi connectivity index (χ2v) is 6.27. The van der Waals surface area contributed by atoms with Crippen LogP contribution in [-0.2, 0) is 4.79 Å². The van der Waals surface area contributed by atoms with Crippen molar-refractivity contribution in [1.82, 2.24) is 9.88 Å². The average Bonchev–Trinajstić information content (AvgIpc) is 2.85. The molecule has 1 fully saturated rings. The first-order valence-electron chi connectivity index (χ1n) is 7.57. The molecule has 0 bridgehead atoms. The Morgan fingerprint density at radius 2 is 2.00 bits per heavy atom. The number of rotatable bonds is 4. The Balaban J connectivity index is 1.95. The molecule has 1 aromatic heterocycles. The van der Waals surface area contributed by atoms with Gasteiger partial charge in [0.15, 0.2) is 11.0 Å². The molecule has 0 unspecified atom stereocenters. The van der Waals surface area contributed by atoms with Crippen LogP contribution in [-0.4, -0.2) is 27.5 Å². The standard InChI is InChI=1S/C19H17N3OS/c1-3-12-22-18(23)16(13-15-9-5-4-6-10-15)24-19(22)21-17-11-7-8-14(2)20-17/h3-11,13H,1,12H2,2H3/b16-13-,21-19+. The molecule has 1 aromatic carbocycles. The van der Waals surface area contributed by atoms with Gasteiger partial charge in [-0.15, -0.1) is 6.58 Å². The van der Waals surface area contributed by atoms with E-state index in [1.165, 1.54) is 11.8 Å². The minimum absolute atomic E-state index is 0.0600. The Labute approximate surface area is 145 Å². The number of aromatic nitrogens is 1. The van der Waals surface area contributed by atoms with Gasteiger partial charge in [0.05, 0.1) is 4.91 Å². The largest absolute Gasteiger partial charge is 0.282 e. The summed E-state index contributed by atoms with van der Waals surface area (Å²) in [5.74, 6) is 0.537. The number of amidine groups is 1. The van der Waals surface area contributed by atoms with Crippen LogP contribution in [0.2, 0.25) is 0 Å². The minimum Gasteiger partial charge on any atom is -0.282 e. The van der Waals surface area contributed by atoms with Gasteiger partial charge in [-0.1, -0.05) is 42.5 Å². The molecule has 24 heavy (non-hydrogen) atoms. The van der Waals surface area contributed by atoms with Gasteiger partial charge >= 0.3 is 0 Å². The van der Waals surface area contributed by atoms with E-state index in [0.29, 0.717) is 22.4 Å². The highest BCUT2D eigenvalue weighted by molar-refractivity contribution is 8.18. The van der Waals surface area contributed by atoms with Crippen molar-refractivity contribution in [1.29, 1.82) is 0 Å². The van der Waals surface area contributed by atoms with Gasteiger partial charge in [0.1, 0.15) is 0 Å². The number of pyridine rings is 1. The molecule has 1 saturated heterocycles. The topological polar surface area (TPSA) is 45.6 Å². The van der Waals surface area contributed by atoms with Crippen LogP contribution in [0.25, 0.3) is 6.08 Å². The number of amides is 1. The van der Waals surface area contributed by atoms with Crippen LogP contribution in [0.15, 0.2) is 71.1 Å². The van der Waals surface area contributed by atoms with Crippen molar-refractivity contribution in [3.8, 4) is 0 Å². The molecule has 1 amide bonds. The molecular weight excluding hydrogens is 318 g/mol. The first-order valence-corrected chi connectivity index (χ1v) is 8.39. The molecule has 5 heteroatoms. The van der Waals surface area contributed by atoms with Crippen LogP contribution < -0.4 is 0 Å². The lowest BCUT2D eigenvalue weighted by Gasteiger charge is -2.12. The number of hydrogen-bond acceptors (Lipinski definition) is 4. The van der Waals surface area contributed by atoms with Crippen molar-refractivity contribution in [3.05, 3.63) is 77.3 Å². The molecule has 0 spiro atoms. The fourth-order valence-corrected chi connectivity index (χ4v) is 3.27. The number of thioether (sulfide) groups is 1. The summed E-state index contributed by atoms with van der Waals surface area (Å²) in [7, 11) is 0. The molecule has 0 N–H and O–H groups in total. The minimum atomic E-state index is -0.0600. The summed E-state index contributed by atoms with van der Waals surface area (Å²) in [6.07, 6.45) is 3.58. The highest BCUT2D eigenvalue weighted by Gasteiger charge is 2.32. The number of hydrogen-bond donors (Lipinski definition) is 0. The van der Waals surface area contributed by atoms with E-state index < -0.39 is 0 Å². The number of aliphatic imine (C=N–C) groups is 1. The predicted octanol–water partition coefficient (Wildman–Crippen LogP) is 4.18. The molecule has 2 aromatic rings. The predicted molar refractivity (Wildman–Crippen MR) is 100.0 cm³/mol. The SMILES string of the molecule is C=CCN1C(=O)/C(=C/c2ccccc2)S/C1=N/c1cccc(C)n1. The van der Waals surface area contributed by atoms with Crippen LogP contribution in [0, 0.1) is 6.92 Å². The average molecular weight is 335 g/mol. The molecule has 0 atom stereocenters. The van der Waals surface area contributed by atoms with Gasteiger partial charge in [-0.25, -0.2) is 9.98 Å². The van der Waals surface area contributed by atoms with Gasteiger partial charge in [0, 0.05) is 12.2 Å². The van der Waals surface area contributed by atoms with E-state index in [1.807, 2.05) is 61.5 Å². The van der Waals surface area contributed by atoms with E-state index in [0.717, 1.165) is 11.3 Å². The zero-order chi connectivity index (χ0) is 16.9. The zero-order valence-electron chi connectivity index (χ0n) is 13.3. The van der Waals surface area contributed by atoms with Crippen molar-refractivity contribution >= 4 is 34.7 Å². The summed E-state index contributed by atoms with van der Waals surface area (Å²) in [5, 5.41) is 0.625. The van der Waals surface area contributed by atoms with E-state index >= 15 is 0 Å². The molecule has 3 rings (SSSR count). The summed E-state index contributed by atoms with van der Waals surface area (Å²) < 4.78 is 0. The summed E-state index contributed by atoms with van der Waals surface area (Å²) in [4.78, 5) is 23.9. The van der Waals surface area contributed by atoms with Crippen molar-refractivity contribution in [2.45, 2.75) is 6.92 Å². The summed E-state index contributed by atoms with van der Waals surface area (Å²) in [6.45, 7) is 6.06. The molecule has 4 nitrogen and oxygen atoms in total. The molecule has 0 aliphatic carbocycles. The van der Waals surface area contributed by atoms with Crippen molar-refractivity contribution < 1.29 is 4.79 Å². The molecule has 2 heterocycles. The maximum absolute atomic E-state index is 12.7. The third-order valence-electron chi connectivity index (χ3n) is 3.38. The molecule has 1 aliphatic rings. The van der Waals surface area contributed by atoms with Gasteiger partial charge in [0.2, 0.25) is 0 Å². The third kappa shape index (κ3) is 3.63. The molecular formula is C19H17N3OS. The van der Waals surface area contributed by atoms with Crippen LogP contribution in [0.1, 0.15) is 11.3 Å².